The lowest BCUT2D eigenvalue weighted by Crippen LogP contribution is -2.49. The summed E-state index contributed by atoms with van der Waals surface area (Å²) in [7, 11) is 1.45. The summed E-state index contributed by atoms with van der Waals surface area (Å²) in [5.41, 5.74) is 2.32. The molecule has 2 fully saturated rings. The zero-order chi connectivity index (χ0) is 26.6. The third kappa shape index (κ3) is 5.20. The molecule has 5 rings (SSSR count). The van der Waals surface area contributed by atoms with Crippen LogP contribution >= 0.6 is 11.6 Å². The Labute approximate surface area is 226 Å². The van der Waals surface area contributed by atoms with E-state index in [1.54, 1.807) is 30.3 Å². The molecule has 192 valence electrons. The van der Waals surface area contributed by atoms with Gasteiger partial charge in [-0.15, -0.1) is 6.42 Å². The van der Waals surface area contributed by atoms with Crippen LogP contribution in [0.4, 0.5) is 11.5 Å². The maximum Gasteiger partial charge on any atom is 0.279 e. The molecule has 9 heteroatoms. The Morgan fingerprint density at radius 2 is 1.76 bits per heavy atom. The molecule has 38 heavy (non-hydrogen) atoms. The van der Waals surface area contributed by atoms with E-state index < -0.39 is 5.91 Å². The Bertz CT molecular complexity index is 1450. The van der Waals surface area contributed by atoms with E-state index in [0.717, 1.165) is 31.7 Å². The number of aromatic nitrogens is 1. The molecule has 3 aromatic rings. The Morgan fingerprint density at radius 3 is 2.32 bits per heavy atom. The minimum absolute atomic E-state index is 0.144. The van der Waals surface area contributed by atoms with Crippen molar-refractivity contribution in [3.8, 4) is 18.1 Å². The Morgan fingerprint density at radius 1 is 1.03 bits per heavy atom. The summed E-state index contributed by atoms with van der Waals surface area (Å²) in [5, 5.41) is 6.00. The van der Waals surface area contributed by atoms with Gasteiger partial charge in [0.15, 0.2) is 0 Å². The molecule has 2 N–H and O–H groups in total. The van der Waals surface area contributed by atoms with Crippen LogP contribution in [0.1, 0.15) is 44.7 Å². The van der Waals surface area contributed by atoms with Gasteiger partial charge in [-0.05, 0) is 48.5 Å². The van der Waals surface area contributed by atoms with Gasteiger partial charge in [-0.25, -0.2) is 4.98 Å². The van der Waals surface area contributed by atoms with Gasteiger partial charge < -0.3 is 15.4 Å². The molecular weight excluding hydrogens is 502 g/mol. The van der Waals surface area contributed by atoms with Crippen molar-refractivity contribution >= 4 is 40.8 Å². The number of amides is 2. The van der Waals surface area contributed by atoms with Gasteiger partial charge in [0.25, 0.3) is 17.6 Å². The van der Waals surface area contributed by atoms with Crippen molar-refractivity contribution in [2.75, 3.05) is 43.9 Å². The molecule has 2 aliphatic heterocycles. The first-order valence-corrected chi connectivity index (χ1v) is 12.7. The van der Waals surface area contributed by atoms with E-state index in [4.69, 9.17) is 22.8 Å². The summed E-state index contributed by atoms with van der Waals surface area (Å²) in [4.78, 5) is 33.0. The van der Waals surface area contributed by atoms with Crippen molar-refractivity contribution in [1.29, 1.82) is 0 Å². The van der Waals surface area contributed by atoms with Gasteiger partial charge in [0.1, 0.15) is 11.6 Å². The number of rotatable bonds is 6. The molecule has 1 aromatic heterocycles. The SMILES string of the molecule is C#Cc1cc(OC)c(NC(=O)c2ccc(C(N3CCC3)=[N+]3CCC3)cc2)c(C(=O)Nc2ccc(Cl)cn2)c1. The lowest BCUT2D eigenvalue weighted by Gasteiger charge is -2.31. The Balaban J connectivity index is 1.41. The second-order valence-electron chi connectivity index (χ2n) is 9.10. The highest BCUT2D eigenvalue weighted by Crippen LogP contribution is 2.32. The van der Waals surface area contributed by atoms with Gasteiger partial charge in [-0.3, -0.25) is 19.1 Å². The number of amidine groups is 1. The fraction of sp³-hybridized carbons (Fsp3) is 0.241. The summed E-state index contributed by atoms with van der Waals surface area (Å²) >= 11 is 5.90. The number of benzene rings is 2. The molecule has 0 bridgehead atoms. The van der Waals surface area contributed by atoms with Crippen molar-refractivity contribution in [1.82, 2.24) is 9.88 Å². The average molecular weight is 529 g/mol. The third-order valence-corrected chi connectivity index (χ3v) is 6.88. The van der Waals surface area contributed by atoms with Crippen molar-refractivity contribution in [2.24, 2.45) is 0 Å². The molecule has 2 aliphatic rings. The summed E-state index contributed by atoms with van der Waals surface area (Å²) in [6.07, 6.45) is 9.42. The van der Waals surface area contributed by atoms with Crippen LogP contribution in [0.5, 0.6) is 5.75 Å². The molecule has 2 saturated heterocycles. The first-order valence-electron chi connectivity index (χ1n) is 12.4. The number of terminal acetylenes is 1. The summed E-state index contributed by atoms with van der Waals surface area (Å²) in [5.74, 6) is 3.43. The zero-order valence-corrected chi connectivity index (χ0v) is 21.7. The lowest BCUT2D eigenvalue weighted by molar-refractivity contribution is -0.587. The number of nitrogens with one attached hydrogen (secondary N) is 2. The molecule has 2 aromatic carbocycles. The minimum atomic E-state index is -0.510. The number of hydrogen-bond acceptors (Lipinski definition) is 4. The van der Waals surface area contributed by atoms with Gasteiger partial charge in [0.05, 0.1) is 55.1 Å². The van der Waals surface area contributed by atoms with E-state index >= 15 is 0 Å². The fourth-order valence-corrected chi connectivity index (χ4v) is 4.49. The summed E-state index contributed by atoms with van der Waals surface area (Å²) in [6, 6.07) is 13.8. The van der Waals surface area contributed by atoms with E-state index in [1.807, 2.05) is 12.1 Å². The number of hydrogen-bond donors (Lipinski definition) is 2. The number of methoxy groups -OCH3 is 1. The van der Waals surface area contributed by atoms with E-state index in [0.29, 0.717) is 22.0 Å². The highest BCUT2D eigenvalue weighted by atomic mass is 35.5. The van der Waals surface area contributed by atoms with E-state index in [2.05, 4.69) is 31.0 Å². The number of halogens is 1. The smallest absolute Gasteiger partial charge is 0.279 e. The second kappa shape index (κ2) is 11.0. The van der Waals surface area contributed by atoms with Crippen LogP contribution in [-0.2, 0) is 0 Å². The van der Waals surface area contributed by atoms with Gasteiger partial charge >= 0.3 is 0 Å². The normalized spacial score (nSPS) is 14.0. The number of ether oxygens (including phenoxy) is 1. The van der Waals surface area contributed by atoms with Crippen LogP contribution in [-0.4, -0.2) is 65.4 Å². The van der Waals surface area contributed by atoms with Gasteiger partial charge in [-0.2, -0.15) is 0 Å². The van der Waals surface area contributed by atoms with Gasteiger partial charge in [0.2, 0.25) is 0 Å². The first-order chi connectivity index (χ1) is 18.5. The van der Waals surface area contributed by atoms with Crippen LogP contribution in [0.3, 0.4) is 0 Å². The Hall–Kier alpha value is -4.35. The van der Waals surface area contributed by atoms with Crippen LogP contribution in [0.15, 0.2) is 54.7 Å². The second-order valence-corrected chi connectivity index (χ2v) is 9.53. The van der Waals surface area contributed by atoms with Crippen molar-refractivity contribution in [2.45, 2.75) is 12.8 Å². The number of likely N-dealkylation sites (tertiary alicyclic amines) is 1. The molecular formula is C29H27ClN5O3+. The van der Waals surface area contributed by atoms with Crippen LogP contribution in [0.2, 0.25) is 5.02 Å². The first kappa shape index (κ1) is 25.3. The quantitative estimate of drug-likeness (QED) is 0.286. The highest BCUT2D eigenvalue weighted by Gasteiger charge is 2.32. The fourth-order valence-electron chi connectivity index (χ4n) is 4.38. The van der Waals surface area contributed by atoms with Gasteiger partial charge in [0, 0.05) is 30.2 Å². The van der Waals surface area contributed by atoms with Crippen molar-refractivity contribution in [3.63, 3.8) is 0 Å². The van der Waals surface area contributed by atoms with Crippen molar-refractivity contribution in [3.05, 3.63) is 82.0 Å². The van der Waals surface area contributed by atoms with Gasteiger partial charge in [-0.1, -0.05) is 17.5 Å². The summed E-state index contributed by atoms with van der Waals surface area (Å²) in [6.45, 7) is 4.21. The predicted octanol–water partition coefficient (Wildman–Crippen LogP) is 4.10. The summed E-state index contributed by atoms with van der Waals surface area (Å²) < 4.78 is 7.87. The molecule has 0 saturated carbocycles. The number of carbonyl (C=O) groups excluding carboxylic acids is 2. The maximum absolute atomic E-state index is 13.3. The number of pyridine rings is 1. The largest absolute Gasteiger partial charge is 0.495 e. The van der Waals surface area contributed by atoms with E-state index in [1.165, 1.54) is 38.1 Å². The molecule has 0 unspecified atom stereocenters. The van der Waals surface area contributed by atoms with Crippen LogP contribution in [0.25, 0.3) is 0 Å². The standard InChI is InChI=1S/C29H26ClN5O3/c1-3-19-16-23(28(37)32-25-11-10-22(30)18-31-25)26(24(17-19)38-2)33-27(36)20-6-8-21(9-7-20)29(34-12-4-13-34)35-14-5-15-35/h1,6-11,16-18H,4-5,12-15H2,2H3,(H-,31,32,33,36,37)/p+1. The van der Waals surface area contributed by atoms with Crippen LogP contribution < -0.4 is 15.4 Å². The monoisotopic (exact) mass is 528 g/mol. The third-order valence-electron chi connectivity index (χ3n) is 6.66. The number of carbonyl (C=O) groups is 2. The molecule has 3 heterocycles. The Kier molecular flexibility index (Phi) is 7.29. The number of anilines is 2. The minimum Gasteiger partial charge on any atom is -0.495 e. The molecule has 0 radical (unpaired) electrons. The lowest BCUT2D eigenvalue weighted by atomic mass is 10.0. The highest BCUT2D eigenvalue weighted by molar-refractivity contribution is 6.30. The number of nitrogens with zero attached hydrogens (tertiary/aromatic N) is 3. The zero-order valence-electron chi connectivity index (χ0n) is 21.0. The molecule has 0 atom stereocenters. The van der Waals surface area contributed by atoms with E-state index in [9.17, 15) is 9.59 Å². The van der Waals surface area contributed by atoms with E-state index in [-0.39, 0.29) is 22.9 Å². The molecule has 8 nitrogen and oxygen atoms in total. The topological polar surface area (TPSA) is 86.6 Å². The molecule has 0 spiro atoms. The molecule has 0 aliphatic carbocycles. The molecule has 2 amide bonds. The van der Waals surface area contributed by atoms with Crippen LogP contribution in [0, 0.1) is 12.3 Å². The van der Waals surface area contributed by atoms with Crippen molar-refractivity contribution < 1.29 is 18.9 Å². The maximum atomic E-state index is 13.3. The average Bonchev–Trinajstić information content (AvgIpc) is 2.87. The predicted molar refractivity (Wildman–Crippen MR) is 147 cm³/mol.